The van der Waals surface area contributed by atoms with Crippen LogP contribution < -0.4 is 0 Å². The van der Waals surface area contributed by atoms with E-state index in [-0.39, 0.29) is 25.4 Å². The summed E-state index contributed by atoms with van der Waals surface area (Å²) in [5.74, 6) is 0. The summed E-state index contributed by atoms with van der Waals surface area (Å²) < 4.78 is 18.8. The highest BCUT2D eigenvalue weighted by molar-refractivity contribution is 9.10. The third-order valence-electron chi connectivity index (χ3n) is 3.91. The molecule has 2 N–H and O–H groups in total. The maximum Gasteiger partial charge on any atom is 0.106 e. The van der Waals surface area contributed by atoms with E-state index < -0.39 is 0 Å². The van der Waals surface area contributed by atoms with Gasteiger partial charge in [0.1, 0.15) is 12.2 Å². The first-order valence-corrected chi connectivity index (χ1v) is 10.3. The Morgan fingerprint density at radius 3 is 1.33 bits per heavy atom. The van der Waals surface area contributed by atoms with Crippen molar-refractivity contribution in [2.75, 3.05) is 39.6 Å². The zero-order valence-corrected chi connectivity index (χ0v) is 18.1. The van der Waals surface area contributed by atoms with Gasteiger partial charge in [-0.25, -0.2) is 0 Å². The van der Waals surface area contributed by atoms with Gasteiger partial charge in [0.2, 0.25) is 0 Å². The number of aliphatic hydroxyl groups excluding tert-OH is 2. The number of ether oxygens (including phenoxy) is 3. The molecule has 0 bridgehead atoms. The molecule has 0 amide bonds. The first kappa shape index (κ1) is 22.5. The average Bonchev–Trinajstić information content (AvgIpc) is 2.69. The molecule has 0 heterocycles. The Bertz CT molecular complexity index is 591. The van der Waals surface area contributed by atoms with Gasteiger partial charge in [-0.3, -0.25) is 0 Å². The van der Waals surface area contributed by atoms with Crippen LogP contribution in [0.1, 0.15) is 23.3 Å². The normalized spacial score (nSPS) is 13.5. The van der Waals surface area contributed by atoms with Gasteiger partial charge in [0, 0.05) is 8.95 Å². The smallest absolute Gasteiger partial charge is 0.106 e. The first-order chi connectivity index (χ1) is 13.1. The molecular formula is C20H24Br2O5. The summed E-state index contributed by atoms with van der Waals surface area (Å²) >= 11 is 6.77. The van der Waals surface area contributed by atoms with E-state index >= 15 is 0 Å². The molecule has 0 aliphatic rings. The highest BCUT2D eigenvalue weighted by Gasteiger charge is 2.12. The van der Waals surface area contributed by atoms with Gasteiger partial charge in [0.05, 0.1) is 39.6 Å². The van der Waals surface area contributed by atoms with E-state index in [2.05, 4.69) is 31.9 Å². The van der Waals surface area contributed by atoms with Crippen molar-refractivity contribution in [1.29, 1.82) is 0 Å². The molecule has 0 spiro atoms. The Balaban J connectivity index is 1.62. The molecule has 0 radical (unpaired) electrons. The van der Waals surface area contributed by atoms with Crippen molar-refractivity contribution < 1.29 is 24.4 Å². The zero-order valence-electron chi connectivity index (χ0n) is 14.9. The number of hydrogen-bond donors (Lipinski definition) is 2. The monoisotopic (exact) mass is 502 g/mol. The summed E-state index contributed by atoms with van der Waals surface area (Å²) in [5, 5.41) is 19.0. The molecule has 0 fully saturated rings. The summed E-state index contributed by atoms with van der Waals surface area (Å²) in [5.41, 5.74) is 1.84. The lowest BCUT2D eigenvalue weighted by molar-refractivity contribution is -0.0464. The minimum absolute atomic E-state index is 0.0872. The maximum atomic E-state index is 9.48. The predicted molar refractivity (Wildman–Crippen MR) is 111 cm³/mol. The van der Waals surface area contributed by atoms with Crippen LogP contribution in [0.3, 0.4) is 0 Å². The zero-order chi connectivity index (χ0) is 19.5. The second-order valence-electron chi connectivity index (χ2n) is 5.80. The van der Waals surface area contributed by atoms with E-state index in [1.54, 1.807) is 0 Å². The van der Waals surface area contributed by atoms with Crippen LogP contribution in [0.4, 0.5) is 0 Å². The van der Waals surface area contributed by atoms with Crippen LogP contribution in [-0.4, -0.2) is 49.9 Å². The Labute approximate surface area is 176 Å². The molecule has 0 aliphatic heterocycles. The number of halogens is 2. The third-order valence-corrected chi connectivity index (χ3v) is 4.97. The van der Waals surface area contributed by atoms with Crippen molar-refractivity contribution in [3.05, 3.63) is 68.6 Å². The van der Waals surface area contributed by atoms with Gasteiger partial charge in [-0.05, 0) is 35.4 Å². The molecule has 0 aromatic heterocycles. The van der Waals surface area contributed by atoms with Gasteiger partial charge in [-0.15, -0.1) is 0 Å². The predicted octanol–water partition coefficient (Wildman–Crippen LogP) is 4.03. The van der Waals surface area contributed by atoms with Crippen molar-refractivity contribution in [2.24, 2.45) is 0 Å². The lowest BCUT2D eigenvalue weighted by Gasteiger charge is -2.17. The van der Waals surface area contributed by atoms with Gasteiger partial charge in [0.25, 0.3) is 0 Å². The highest BCUT2D eigenvalue weighted by Crippen LogP contribution is 2.20. The van der Waals surface area contributed by atoms with Crippen LogP contribution in [-0.2, 0) is 14.2 Å². The molecule has 0 saturated heterocycles. The Hall–Kier alpha value is -0.800. The van der Waals surface area contributed by atoms with Crippen LogP contribution in [0.25, 0.3) is 0 Å². The fraction of sp³-hybridized carbons (Fsp3) is 0.400. The molecule has 2 atom stereocenters. The van der Waals surface area contributed by atoms with Crippen LogP contribution in [0.5, 0.6) is 0 Å². The molecule has 0 saturated carbocycles. The minimum Gasteiger partial charge on any atom is -0.393 e. The van der Waals surface area contributed by atoms with Gasteiger partial charge in [-0.2, -0.15) is 0 Å². The van der Waals surface area contributed by atoms with Gasteiger partial charge >= 0.3 is 0 Å². The summed E-state index contributed by atoms with van der Waals surface area (Å²) in [7, 11) is 0. The van der Waals surface area contributed by atoms with Crippen LogP contribution in [0, 0.1) is 0 Å². The SMILES string of the molecule is OC[C@@H](OCCOCCO[C@H](CO)c1ccc(Br)cc1)c1ccc(Br)cc1. The molecule has 0 aliphatic carbocycles. The Kier molecular flexibility index (Phi) is 10.5. The molecular weight excluding hydrogens is 480 g/mol. The van der Waals surface area contributed by atoms with Crippen molar-refractivity contribution in [1.82, 2.24) is 0 Å². The maximum absolute atomic E-state index is 9.48. The number of benzene rings is 2. The summed E-state index contributed by atoms with van der Waals surface area (Å²) in [6.45, 7) is 1.37. The van der Waals surface area contributed by atoms with E-state index in [9.17, 15) is 10.2 Å². The molecule has 2 rings (SSSR count). The van der Waals surface area contributed by atoms with Crippen molar-refractivity contribution in [2.45, 2.75) is 12.2 Å². The Morgan fingerprint density at radius 2 is 1.00 bits per heavy atom. The standard InChI is InChI=1S/C20H24Br2O5/c21-17-5-1-15(2-6-17)19(13-23)26-11-9-25-10-12-27-20(14-24)16-3-7-18(22)8-4-16/h1-8,19-20,23-24H,9-14H2/t19-,20-/m1/s1. The largest absolute Gasteiger partial charge is 0.393 e. The van der Waals surface area contributed by atoms with Crippen LogP contribution in [0.15, 0.2) is 57.5 Å². The van der Waals surface area contributed by atoms with E-state index in [1.165, 1.54) is 0 Å². The van der Waals surface area contributed by atoms with Crippen molar-refractivity contribution >= 4 is 31.9 Å². The van der Waals surface area contributed by atoms with Crippen molar-refractivity contribution in [3.63, 3.8) is 0 Å². The van der Waals surface area contributed by atoms with E-state index in [4.69, 9.17) is 14.2 Å². The topological polar surface area (TPSA) is 68.2 Å². The van der Waals surface area contributed by atoms with Gasteiger partial charge in [-0.1, -0.05) is 56.1 Å². The molecule has 0 unspecified atom stereocenters. The summed E-state index contributed by atoms with van der Waals surface area (Å²) in [6, 6.07) is 15.3. The minimum atomic E-state index is -0.367. The second kappa shape index (κ2) is 12.6. The van der Waals surface area contributed by atoms with Crippen molar-refractivity contribution in [3.8, 4) is 0 Å². The second-order valence-corrected chi connectivity index (χ2v) is 7.63. The van der Waals surface area contributed by atoms with E-state index in [0.717, 1.165) is 20.1 Å². The number of rotatable bonds is 12. The summed E-state index contributed by atoms with van der Waals surface area (Å²) in [6.07, 6.45) is -0.733. The average molecular weight is 504 g/mol. The van der Waals surface area contributed by atoms with Crippen LogP contribution >= 0.6 is 31.9 Å². The van der Waals surface area contributed by atoms with Crippen LogP contribution in [0.2, 0.25) is 0 Å². The molecule has 2 aromatic carbocycles. The van der Waals surface area contributed by atoms with Gasteiger partial charge < -0.3 is 24.4 Å². The molecule has 2 aromatic rings. The third kappa shape index (κ3) is 7.99. The number of hydrogen-bond acceptors (Lipinski definition) is 5. The lowest BCUT2D eigenvalue weighted by atomic mass is 10.1. The molecule has 27 heavy (non-hydrogen) atoms. The molecule has 7 heteroatoms. The lowest BCUT2D eigenvalue weighted by Crippen LogP contribution is -2.16. The summed E-state index contributed by atoms with van der Waals surface area (Å²) in [4.78, 5) is 0. The Morgan fingerprint density at radius 1 is 0.630 bits per heavy atom. The quantitative estimate of drug-likeness (QED) is 0.428. The van der Waals surface area contributed by atoms with Gasteiger partial charge in [0.15, 0.2) is 0 Å². The van der Waals surface area contributed by atoms with E-state index in [0.29, 0.717) is 26.4 Å². The van der Waals surface area contributed by atoms with E-state index in [1.807, 2.05) is 48.5 Å². The fourth-order valence-electron chi connectivity index (χ4n) is 2.46. The molecule has 148 valence electrons. The fourth-order valence-corrected chi connectivity index (χ4v) is 2.99. The first-order valence-electron chi connectivity index (χ1n) is 8.67. The molecule has 5 nitrogen and oxygen atoms in total. The highest BCUT2D eigenvalue weighted by atomic mass is 79.9. The number of aliphatic hydroxyl groups is 2.